The van der Waals surface area contributed by atoms with E-state index >= 15 is 0 Å². The number of rotatable bonds is 5. The number of pyridine rings is 1. The highest BCUT2D eigenvalue weighted by atomic mass is 19.1. The van der Waals surface area contributed by atoms with E-state index in [0.29, 0.717) is 37.6 Å². The Labute approximate surface area is 144 Å². The third-order valence-corrected chi connectivity index (χ3v) is 4.07. The van der Waals surface area contributed by atoms with Gasteiger partial charge in [-0.3, -0.25) is 4.79 Å². The fourth-order valence-electron chi connectivity index (χ4n) is 2.89. The zero-order valence-electron chi connectivity index (χ0n) is 13.8. The maximum absolute atomic E-state index is 13.9. The summed E-state index contributed by atoms with van der Waals surface area (Å²) in [7, 11) is 0. The van der Waals surface area contributed by atoms with Crippen molar-refractivity contribution in [2.45, 2.75) is 19.4 Å². The summed E-state index contributed by atoms with van der Waals surface area (Å²) < 4.78 is 33.0. The number of aromatic nitrogens is 1. The van der Waals surface area contributed by atoms with Crippen LogP contribution in [0.1, 0.15) is 23.7 Å². The molecular formula is C18H19F2N3O2. The number of benzene rings is 1. The Morgan fingerprint density at radius 2 is 2.08 bits per heavy atom. The molecular weight excluding hydrogens is 328 g/mol. The molecule has 1 amide bonds. The smallest absolute Gasteiger partial charge is 0.253 e. The fourth-order valence-corrected chi connectivity index (χ4v) is 2.89. The van der Waals surface area contributed by atoms with E-state index in [1.165, 1.54) is 24.4 Å². The molecule has 5 nitrogen and oxygen atoms in total. The summed E-state index contributed by atoms with van der Waals surface area (Å²) >= 11 is 0. The van der Waals surface area contributed by atoms with Gasteiger partial charge in [0.05, 0.1) is 12.2 Å². The van der Waals surface area contributed by atoms with E-state index in [9.17, 15) is 13.6 Å². The number of carbonyl (C=O) groups excluding carboxylic acids is 1. The molecule has 1 aliphatic rings. The number of nitrogens with zero attached hydrogens (tertiary/aromatic N) is 2. The van der Waals surface area contributed by atoms with Crippen LogP contribution in [0.5, 0.6) is 5.88 Å². The van der Waals surface area contributed by atoms with Crippen molar-refractivity contribution in [3.8, 4) is 5.88 Å². The molecule has 1 aliphatic heterocycles. The summed E-state index contributed by atoms with van der Waals surface area (Å²) in [6.45, 7) is 3.19. The highest BCUT2D eigenvalue weighted by Gasteiger charge is 2.27. The quantitative estimate of drug-likeness (QED) is 0.904. The van der Waals surface area contributed by atoms with Crippen molar-refractivity contribution < 1.29 is 18.3 Å². The lowest BCUT2D eigenvalue weighted by atomic mass is 10.2. The molecule has 3 rings (SSSR count). The lowest BCUT2D eigenvalue weighted by Gasteiger charge is -2.20. The van der Waals surface area contributed by atoms with Crippen molar-refractivity contribution in [2.75, 3.05) is 24.6 Å². The van der Waals surface area contributed by atoms with Gasteiger partial charge in [0.1, 0.15) is 17.3 Å². The summed E-state index contributed by atoms with van der Waals surface area (Å²) in [4.78, 5) is 18.0. The molecule has 0 saturated carbocycles. The van der Waals surface area contributed by atoms with Crippen molar-refractivity contribution in [1.82, 2.24) is 10.3 Å². The Morgan fingerprint density at radius 1 is 1.32 bits per heavy atom. The van der Waals surface area contributed by atoms with E-state index in [4.69, 9.17) is 4.74 Å². The number of halogens is 2. The maximum Gasteiger partial charge on any atom is 0.253 e. The molecule has 0 aliphatic carbocycles. The highest BCUT2D eigenvalue weighted by molar-refractivity contribution is 5.94. The minimum atomic E-state index is -0.595. The molecule has 7 heteroatoms. The summed E-state index contributed by atoms with van der Waals surface area (Å²) in [5.41, 5.74) is 0.376. The molecule has 132 valence electrons. The topological polar surface area (TPSA) is 54.5 Å². The van der Waals surface area contributed by atoms with Gasteiger partial charge in [0.2, 0.25) is 5.88 Å². The van der Waals surface area contributed by atoms with Gasteiger partial charge < -0.3 is 15.0 Å². The van der Waals surface area contributed by atoms with Crippen molar-refractivity contribution >= 4 is 11.6 Å². The van der Waals surface area contributed by atoms with E-state index in [1.807, 2.05) is 6.92 Å². The van der Waals surface area contributed by atoms with Crippen LogP contribution in [0.3, 0.4) is 0 Å². The molecule has 0 radical (unpaired) electrons. The van der Waals surface area contributed by atoms with Gasteiger partial charge in [-0.2, -0.15) is 0 Å². The number of carbonyl (C=O) groups is 1. The van der Waals surface area contributed by atoms with E-state index in [1.54, 1.807) is 17.0 Å². The number of hydrogen-bond donors (Lipinski definition) is 1. The molecule has 25 heavy (non-hydrogen) atoms. The molecule has 1 atom stereocenters. The number of amides is 1. The first-order valence-electron chi connectivity index (χ1n) is 8.17. The van der Waals surface area contributed by atoms with Gasteiger partial charge in [-0.15, -0.1) is 0 Å². The van der Waals surface area contributed by atoms with Crippen molar-refractivity contribution in [3.63, 3.8) is 0 Å². The van der Waals surface area contributed by atoms with Crippen LogP contribution in [0.4, 0.5) is 14.5 Å². The predicted octanol–water partition coefficient (Wildman–Crippen LogP) is 2.77. The second kappa shape index (κ2) is 7.46. The van der Waals surface area contributed by atoms with Crippen molar-refractivity contribution in [1.29, 1.82) is 0 Å². The normalized spacial score (nSPS) is 16.8. The lowest BCUT2D eigenvalue weighted by molar-refractivity contribution is 0.0940. The number of anilines is 1. The van der Waals surface area contributed by atoms with Crippen LogP contribution >= 0.6 is 0 Å². The van der Waals surface area contributed by atoms with Gasteiger partial charge in [0.25, 0.3) is 5.91 Å². The molecule has 1 saturated heterocycles. The van der Waals surface area contributed by atoms with E-state index in [0.717, 1.165) is 0 Å². The molecule has 2 heterocycles. The molecule has 1 unspecified atom stereocenters. The van der Waals surface area contributed by atoms with Crippen LogP contribution in [0.2, 0.25) is 0 Å². The Hall–Kier alpha value is -2.70. The monoisotopic (exact) mass is 347 g/mol. The predicted molar refractivity (Wildman–Crippen MR) is 89.8 cm³/mol. The molecule has 0 bridgehead atoms. The van der Waals surface area contributed by atoms with Gasteiger partial charge in [-0.05, 0) is 31.5 Å². The molecule has 2 aromatic rings. The molecule has 1 aromatic heterocycles. The first-order chi connectivity index (χ1) is 12.1. The summed E-state index contributed by atoms with van der Waals surface area (Å²) in [5.74, 6) is -0.997. The van der Waals surface area contributed by atoms with Crippen LogP contribution in [-0.4, -0.2) is 36.6 Å². The fraction of sp³-hybridized carbons (Fsp3) is 0.333. The zero-order valence-corrected chi connectivity index (χ0v) is 13.8. The van der Waals surface area contributed by atoms with Gasteiger partial charge in [0, 0.05) is 31.4 Å². The van der Waals surface area contributed by atoms with Crippen LogP contribution < -0.4 is 15.0 Å². The van der Waals surface area contributed by atoms with E-state index in [2.05, 4.69) is 10.3 Å². The Kier molecular flexibility index (Phi) is 5.11. The van der Waals surface area contributed by atoms with Gasteiger partial charge >= 0.3 is 0 Å². The first-order valence-corrected chi connectivity index (χ1v) is 8.17. The molecule has 1 aromatic carbocycles. The SMILES string of the molecule is CCOc1ccc(C(=O)NC2CCN(c3c(F)cccc3F)C2)cn1. The molecule has 1 N–H and O–H groups in total. The third-order valence-electron chi connectivity index (χ3n) is 4.07. The summed E-state index contributed by atoms with van der Waals surface area (Å²) in [6.07, 6.45) is 2.06. The number of para-hydroxylation sites is 1. The van der Waals surface area contributed by atoms with Gasteiger partial charge in [-0.1, -0.05) is 6.07 Å². The standard InChI is InChI=1S/C18H19F2N3O2/c1-2-25-16-7-6-12(10-21-16)18(24)22-13-8-9-23(11-13)17-14(19)4-3-5-15(17)20/h3-7,10,13H,2,8-9,11H2,1H3,(H,22,24). The number of nitrogens with one attached hydrogen (secondary N) is 1. The van der Waals surface area contributed by atoms with Crippen molar-refractivity contribution in [2.24, 2.45) is 0 Å². The maximum atomic E-state index is 13.9. The Balaban J connectivity index is 1.62. The Bertz CT molecular complexity index is 732. The van der Waals surface area contributed by atoms with Crippen LogP contribution in [0.25, 0.3) is 0 Å². The number of ether oxygens (including phenoxy) is 1. The van der Waals surface area contributed by atoms with E-state index in [-0.39, 0.29) is 17.6 Å². The average molecular weight is 347 g/mol. The third kappa shape index (κ3) is 3.87. The highest BCUT2D eigenvalue weighted by Crippen LogP contribution is 2.26. The van der Waals surface area contributed by atoms with Crippen LogP contribution in [0, 0.1) is 11.6 Å². The lowest BCUT2D eigenvalue weighted by Crippen LogP contribution is -2.37. The van der Waals surface area contributed by atoms with Gasteiger partial charge in [-0.25, -0.2) is 13.8 Å². The minimum absolute atomic E-state index is 0.0398. The number of hydrogen-bond acceptors (Lipinski definition) is 4. The van der Waals surface area contributed by atoms with Crippen LogP contribution in [-0.2, 0) is 0 Å². The molecule has 0 spiro atoms. The average Bonchev–Trinajstić information content (AvgIpc) is 3.03. The second-order valence-electron chi connectivity index (χ2n) is 5.79. The van der Waals surface area contributed by atoms with E-state index < -0.39 is 11.6 Å². The zero-order chi connectivity index (χ0) is 17.8. The van der Waals surface area contributed by atoms with Crippen LogP contribution in [0.15, 0.2) is 36.5 Å². The second-order valence-corrected chi connectivity index (χ2v) is 5.79. The van der Waals surface area contributed by atoms with Gasteiger partial charge in [0.15, 0.2) is 0 Å². The van der Waals surface area contributed by atoms with Crippen molar-refractivity contribution in [3.05, 3.63) is 53.7 Å². The summed E-state index contributed by atoms with van der Waals surface area (Å²) in [6, 6.07) is 6.89. The largest absolute Gasteiger partial charge is 0.478 e. The Morgan fingerprint density at radius 3 is 2.72 bits per heavy atom. The summed E-state index contributed by atoms with van der Waals surface area (Å²) in [5, 5.41) is 2.88. The first kappa shape index (κ1) is 17.1. The molecule has 1 fully saturated rings. The minimum Gasteiger partial charge on any atom is -0.478 e.